The zero-order chi connectivity index (χ0) is 17.9. The molecule has 1 heterocycles. The summed E-state index contributed by atoms with van der Waals surface area (Å²) in [6, 6.07) is 15.8. The van der Waals surface area contributed by atoms with Gasteiger partial charge in [0.05, 0.1) is 6.04 Å². The van der Waals surface area contributed by atoms with Crippen molar-refractivity contribution in [3.05, 3.63) is 66.4 Å². The molecule has 0 radical (unpaired) electrons. The number of para-hydroxylation sites is 2. The summed E-state index contributed by atoms with van der Waals surface area (Å²) in [5.41, 5.74) is 1.49. The molecule has 0 saturated carbocycles. The first-order chi connectivity index (χ1) is 12.0. The fourth-order valence-corrected chi connectivity index (χ4v) is 3.08. The molecule has 1 N–H and O–H groups in total. The second-order valence-electron chi connectivity index (χ2n) is 5.78. The first kappa shape index (κ1) is 17.4. The van der Waals surface area contributed by atoms with Crippen molar-refractivity contribution in [3.63, 3.8) is 0 Å². The third kappa shape index (κ3) is 3.96. The maximum absolute atomic E-state index is 12.8. The van der Waals surface area contributed by atoms with Gasteiger partial charge >= 0.3 is 6.36 Å². The Kier molecular flexibility index (Phi) is 4.99. The maximum atomic E-state index is 12.8. The topological polar surface area (TPSA) is 26.2 Å². The Morgan fingerprint density at radius 3 is 2.52 bits per heavy atom. The molecule has 6 heteroatoms. The van der Waals surface area contributed by atoms with Gasteiger partial charge in [0.25, 0.3) is 0 Å². The summed E-state index contributed by atoms with van der Waals surface area (Å²) in [4.78, 5) is 0. The molecule has 1 atom stereocenters. The molecule has 0 aliphatic carbocycles. The first-order valence-corrected chi connectivity index (χ1v) is 8.04. The van der Waals surface area contributed by atoms with Gasteiger partial charge in [-0.2, -0.15) is 0 Å². The van der Waals surface area contributed by atoms with Crippen molar-refractivity contribution in [2.24, 2.45) is 0 Å². The second-order valence-corrected chi connectivity index (χ2v) is 5.78. The smallest absolute Gasteiger partial charge is 0.405 e. The van der Waals surface area contributed by atoms with Crippen LogP contribution in [0.4, 0.5) is 13.2 Å². The minimum atomic E-state index is -4.72. The largest absolute Gasteiger partial charge is 0.573 e. The highest BCUT2D eigenvalue weighted by Crippen LogP contribution is 2.35. The number of hydrogen-bond donors (Lipinski definition) is 1. The number of fused-ring (bicyclic) bond motifs is 1. The molecule has 0 amide bonds. The molecule has 0 fully saturated rings. The molecule has 0 aliphatic rings. The third-order valence-electron chi connectivity index (χ3n) is 4.14. The van der Waals surface area contributed by atoms with Crippen LogP contribution in [0.2, 0.25) is 0 Å². The number of rotatable bonds is 6. The van der Waals surface area contributed by atoms with Gasteiger partial charge in [0.15, 0.2) is 0 Å². The quantitative estimate of drug-likeness (QED) is 0.696. The molecule has 132 valence electrons. The van der Waals surface area contributed by atoms with Gasteiger partial charge < -0.3 is 14.6 Å². The highest BCUT2D eigenvalue weighted by atomic mass is 19.4. The SMILES string of the molecule is CNCCC(c1ccccc1OC(F)(F)F)n1ccc2ccccc21. The first-order valence-electron chi connectivity index (χ1n) is 8.04. The minimum absolute atomic E-state index is 0.158. The van der Waals surface area contributed by atoms with Crippen LogP contribution in [0, 0.1) is 0 Å². The molecule has 0 saturated heterocycles. The molecule has 3 rings (SSSR count). The van der Waals surface area contributed by atoms with Crippen LogP contribution in [0.5, 0.6) is 5.75 Å². The van der Waals surface area contributed by atoms with Crippen LogP contribution >= 0.6 is 0 Å². The van der Waals surface area contributed by atoms with E-state index < -0.39 is 6.36 Å². The van der Waals surface area contributed by atoms with Crippen molar-refractivity contribution in [1.82, 2.24) is 9.88 Å². The van der Waals surface area contributed by atoms with E-state index in [0.717, 1.165) is 10.9 Å². The van der Waals surface area contributed by atoms with E-state index in [-0.39, 0.29) is 11.8 Å². The summed E-state index contributed by atoms with van der Waals surface area (Å²) in [7, 11) is 1.82. The van der Waals surface area contributed by atoms with Crippen LogP contribution in [0.15, 0.2) is 60.8 Å². The van der Waals surface area contributed by atoms with Gasteiger partial charge in [0.2, 0.25) is 0 Å². The summed E-state index contributed by atoms with van der Waals surface area (Å²) >= 11 is 0. The average molecular weight is 348 g/mol. The standard InChI is InChI=1S/C19H19F3N2O/c1-23-12-10-17(24-13-11-14-6-2-4-8-16(14)24)15-7-3-5-9-18(15)25-19(20,21)22/h2-9,11,13,17,23H,10,12H2,1H3. The Balaban J connectivity index is 2.08. The monoisotopic (exact) mass is 348 g/mol. The summed E-state index contributed by atoms with van der Waals surface area (Å²) in [5.74, 6) is -0.158. The molecule has 1 aromatic heterocycles. The molecule has 25 heavy (non-hydrogen) atoms. The number of hydrogen-bond acceptors (Lipinski definition) is 2. The molecular weight excluding hydrogens is 329 g/mol. The number of alkyl halides is 3. The Bertz CT molecular complexity index is 842. The molecule has 2 aromatic carbocycles. The molecule has 0 spiro atoms. The van der Waals surface area contributed by atoms with E-state index in [1.165, 1.54) is 6.07 Å². The summed E-state index contributed by atoms with van der Waals surface area (Å²) < 4.78 is 44.6. The Morgan fingerprint density at radius 2 is 1.76 bits per heavy atom. The fraction of sp³-hybridized carbons (Fsp3) is 0.263. The van der Waals surface area contributed by atoms with Crippen molar-refractivity contribution >= 4 is 10.9 Å². The van der Waals surface area contributed by atoms with Crippen molar-refractivity contribution in [2.75, 3.05) is 13.6 Å². The van der Waals surface area contributed by atoms with Gasteiger partial charge in [-0.1, -0.05) is 36.4 Å². The number of aromatic nitrogens is 1. The van der Waals surface area contributed by atoms with Gasteiger partial charge in [-0.3, -0.25) is 0 Å². The second kappa shape index (κ2) is 7.19. The fourth-order valence-electron chi connectivity index (χ4n) is 3.08. The predicted molar refractivity (Wildman–Crippen MR) is 91.7 cm³/mol. The summed E-state index contributed by atoms with van der Waals surface area (Å²) in [6.45, 7) is 0.664. The average Bonchev–Trinajstić information content (AvgIpc) is 2.99. The van der Waals surface area contributed by atoms with Crippen molar-refractivity contribution < 1.29 is 17.9 Å². The number of nitrogens with one attached hydrogen (secondary N) is 1. The van der Waals surface area contributed by atoms with Gasteiger partial charge in [0, 0.05) is 17.3 Å². The van der Waals surface area contributed by atoms with E-state index in [4.69, 9.17) is 0 Å². The highest BCUT2D eigenvalue weighted by molar-refractivity contribution is 5.80. The molecule has 3 aromatic rings. The lowest BCUT2D eigenvalue weighted by Crippen LogP contribution is -2.21. The van der Waals surface area contributed by atoms with E-state index >= 15 is 0 Å². The van der Waals surface area contributed by atoms with Crippen LogP contribution in [0.3, 0.4) is 0 Å². The molecule has 0 bridgehead atoms. The number of benzene rings is 2. The van der Waals surface area contributed by atoms with Gasteiger partial charge in [0.1, 0.15) is 5.75 Å². The van der Waals surface area contributed by atoms with E-state index in [2.05, 4.69) is 10.1 Å². The predicted octanol–water partition coefficient (Wildman–Crippen LogP) is 4.74. The van der Waals surface area contributed by atoms with Gasteiger partial charge in [-0.05, 0) is 43.6 Å². The van der Waals surface area contributed by atoms with E-state index in [1.807, 2.05) is 48.1 Å². The van der Waals surface area contributed by atoms with Crippen LogP contribution in [0.1, 0.15) is 18.0 Å². The van der Waals surface area contributed by atoms with E-state index in [1.54, 1.807) is 18.2 Å². The van der Waals surface area contributed by atoms with Crippen LogP contribution in [-0.2, 0) is 0 Å². The molecule has 3 nitrogen and oxygen atoms in total. The lowest BCUT2D eigenvalue weighted by atomic mass is 10.0. The lowest BCUT2D eigenvalue weighted by molar-refractivity contribution is -0.275. The van der Waals surface area contributed by atoms with Crippen LogP contribution in [0.25, 0.3) is 10.9 Å². The zero-order valence-corrected chi connectivity index (χ0v) is 13.8. The number of nitrogens with zero attached hydrogens (tertiary/aromatic N) is 1. The highest BCUT2D eigenvalue weighted by Gasteiger charge is 2.33. The van der Waals surface area contributed by atoms with E-state index in [0.29, 0.717) is 18.5 Å². The Morgan fingerprint density at radius 1 is 1.04 bits per heavy atom. The minimum Gasteiger partial charge on any atom is -0.405 e. The normalized spacial score (nSPS) is 13.1. The zero-order valence-electron chi connectivity index (χ0n) is 13.8. The number of halogens is 3. The summed E-state index contributed by atoms with van der Waals surface area (Å²) in [5, 5.41) is 4.12. The molecule has 0 aliphatic heterocycles. The van der Waals surface area contributed by atoms with Crippen molar-refractivity contribution in [1.29, 1.82) is 0 Å². The van der Waals surface area contributed by atoms with E-state index in [9.17, 15) is 13.2 Å². The van der Waals surface area contributed by atoms with Crippen molar-refractivity contribution in [3.8, 4) is 5.75 Å². The van der Waals surface area contributed by atoms with Gasteiger partial charge in [-0.15, -0.1) is 13.2 Å². The summed E-state index contributed by atoms with van der Waals surface area (Å²) in [6.07, 6.45) is -2.18. The number of ether oxygens (including phenoxy) is 1. The maximum Gasteiger partial charge on any atom is 0.573 e. The third-order valence-corrected chi connectivity index (χ3v) is 4.14. The molecule has 1 unspecified atom stereocenters. The lowest BCUT2D eigenvalue weighted by Gasteiger charge is -2.23. The molecular formula is C19H19F3N2O. The van der Waals surface area contributed by atoms with Crippen molar-refractivity contribution in [2.45, 2.75) is 18.8 Å². The Hall–Kier alpha value is -2.47. The van der Waals surface area contributed by atoms with Crippen LogP contribution < -0.4 is 10.1 Å². The van der Waals surface area contributed by atoms with Gasteiger partial charge in [-0.25, -0.2) is 0 Å². The Labute approximate surface area is 144 Å². The van der Waals surface area contributed by atoms with Crippen LogP contribution in [-0.4, -0.2) is 24.5 Å².